The molecule has 6 heteroatoms. The minimum atomic E-state index is -3.55. The Balaban J connectivity index is 2.60. The minimum Gasteiger partial charge on any atom is -0.279 e. The van der Waals surface area contributed by atoms with E-state index >= 15 is 0 Å². The van der Waals surface area contributed by atoms with Crippen molar-refractivity contribution in [2.24, 2.45) is 0 Å². The van der Waals surface area contributed by atoms with Crippen LogP contribution >= 0.6 is 28.5 Å². The average Bonchev–Trinajstić information content (AvgIpc) is 2.14. The molecule has 15 heavy (non-hydrogen) atoms. The highest BCUT2D eigenvalue weighted by Gasteiger charge is 2.14. The van der Waals surface area contributed by atoms with Crippen molar-refractivity contribution in [1.82, 2.24) is 5.09 Å². The molecule has 3 nitrogen and oxygen atoms in total. The molecule has 0 bridgehead atoms. The number of benzene rings is 1. The summed E-state index contributed by atoms with van der Waals surface area (Å²) in [6, 6.07) is 9.19. The molecule has 0 fully saturated rings. The van der Waals surface area contributed by atoms with Gasteiger partial charge < -0.3 is 0 Å². The van der Waals surface area contributed by atoms with Crippen LogP contribution < -0.4 is 5.09 Å². The van der Waals surface area contributed by atoms with Crippen molar-refractivity contribution in [2.45, 2.75) is 0 Å². The second-order valence-corrected chi connectivity index (χ2v) is 7.21. The zero-order valence-corrected chi connectivity index (χ0v) is 9.97. The molecule has 0 heterocycles. The Morgan fingerprint density at radius 2 is 1.87 bits per heavy atom. The maximum atomic E-state index is 11.1. The van der Waals surface area contributed by atoms with Gasteiger partial charge in [-0.2, -0.15) is 0 Å². The standard InChI is InChI=1S/C9H8Cl2NO2P/c10-15(11,14)12-9(13)7-6-8-4-2-1-3-5-8/h1-7H,(H,12,13,14)/b7-6+. The first-order chi connectivity index (χ1) is 6.97. The average molecular weight is 264 g/mol. The summed E-state index contributed by atoms with van der Waals surface area (Å²) in [7, 11) is 0. The van der Waals surface area contributed by atoms with Crippen LogP contribution in [-0.2, 0) is 9.36 Å². The summed E-state index contributed by atoms with van der Waals surface area (Å²) in [5, 5.41) is 1.95. The molecule has 0 saturated carbocycles. The molecule has 0 spiro atoms. The first kappa shape index (κ1) is 12.3. The van der Waals surface area contributed by atoms with Crippen molar-refractivity contribution >= 4 is 40.5 Å². The first-order valence-electron chi connectivity index (χ1n) is 4.02. The van der Waals surface area contributed by atoms with E-state index in [1.165, 1.54) is 6.08 Å². The number of rotatable bonds is 3. The van der Waals surface area contributed by atoms with Crippen LogP contribution in [-0.4, -0.2) is 5.91 Å². The highest BCUT2D eigenvalue weighted by Crippen LogP contribution is 2.51. The van der Waals surface area contributed by atoms with Gasteiger partial charge in [0.2, 0.25) is 0 Å². The van der Waals surface area contributed by atoms with Crippen LogP contribution in [0.15, 0.2) is 36.4 Å². The summed E-state index contributed by atoms with van der Waals surface area (Å²) in [6.45, 7) is 0. The van der Waals surface area contributed by atoms with Crippen LogP contribution in [0, 0.1) is 0 Å². The Kier molecular flexibility index (Phi) is 4.40. The first-order valence-corrected chi connectivity index (χ1v) is 7.54. The minimum absolute atomic E-state index is 0.591. The third-order valence-electron chi connectivity index (χ3n) is 1.47. The quantitative estimate of drug-likeness (QED) is 0.671. The number of nitrogens with one attached hydrogen (secondary N) is 1. The number of carbonyl (C=O) groups is 1. The fraction of sp³-hybridized carbons (Fsp3) is 0. The van der Waals surface area contributed by atoms with Crippen LogP contribution in [0.2, 0.25) is 0 Å². The van der Waals surface area contributed by atoms with E-state index in [9.17, 15) is 9.36 Å². The molecule has 0 saturated heterocycles. The lowest BCUT2D eigenvalue weighted by Crippen LogP contribution is -2.12. The molecule has 1 aromatic rings. The van der Waals surface area contributed by atoms with Crippen molar-refractivity contribution in [3.63, 3.8) is 0 Å². The van der Waals surface area contributed by atoms with Gasteiger partial charge in [-0.05, 0) is 34.1 Å². The van der Waals surface area contributed by atoms with Gasteiger partial charge in [0.25, 0.3) is 5.91 Å². The SMILES string of the molecule is O=C(/C=C/c1ccccc1)NP(=O)(Cl)Cl. The van der Waals surface area contributed by atoms with Crippen molar-refractivity contribution in [3.8, 4) is 0 Å². The van der Waals surface area contributed by atoms with E-state index in [2.05, 4.69) is 0 Å². The van der Waals surface area contributed by atoms with Crippen LogP contribution in [0.1, 0.15) is 5.56 Å². The van der Waals surface area contributed by atoms with E-state index in [1.807, 2.05) is 35.4 Å². The lowest BCUT2D eigenvalue weighted by molar-refractivity contribution is -0.114. The number of halogens is 2. The Bertz CT molecular complexity index is 413. The van der Waals surface area contributed by atoms with E-state index in [0.29, 0.717) is 0 Å². The summed E-state index contributed by atoms with van der Waals surface area (Å²) < 4.78 is 10.8. The molecule has 1 N–H and O–H groups in total. The highest BCUT2D eigenvalue weighted by atomic mass is 35.9. The van der Waals surface area contributed by atoms with Gasteiger partial charge in [-0.3, -0.25) is 14.4 Å². The van der Waals surface area contributed by atoms with Crippen LogP contribution in [0.25, 0.3) is 6.08 Å². The summed E-state index contributed by atoms with van der Waals surface area (Å²) in [5.41, 5.74) is 0.853. The third kappa shape index (κ3) is 5.63. The molecular formula is C9H8Cl2NO2P. The Labute approximate surface area is 97.1 Å². The number of amides is 1. The van der Waals surface area contributed by atoms with Gasteiger partial charge in [0.05, 0.1) is 0 Å². The van der Waals surface area contributed by atoms with Crippen molar-refractivity contribution in [1.29, 1.82) is 0 Å². The largest absolute Gasteiger partial charge is 0.345 e. The molecule has 0 aliphatic rings. The third-order valence-corrected chi connectivity index (χ3v) is 2.45. The maximum absolute atomic E-state index is 11.1. The number of carbonyl (C=O) groups excluding carboxylic acids is 1. The van der Waals surface area contributed by atoms with Gasteiger partial charge in [0.15, 0.2) is 0 Å². The fourth-order valence-electron chi connectivity index (χ4n) is 0.902. The van der Waals surface area contributed by atoms with Gasteiger partial charge >= 0.3 is 6.00 Å². The Hall–Kier alpha value is -0.760. The molecule has 80 valence electrons. The fourth-order valence-corrected chi connectivity index (χ4v) is 1.73. The molecule has 0 radical (unpaired) electrons. The second kappa shape index (κ2) is 5.36. The summed E-state index contributed by atoms with van der Waals surface area (Å²) in [4.78, 5) is 11.1. The molecule has 1 aromatic carbocycles. The maximum Gasteiger partial charge on any atom is 0.345 e. The molecule has 0 aliphatic heterocycles. The second-order valence-electron chi connectivity index (χ2n) is 2.68. The van der Waals surface area contributed by atoms with Gasteiger partial charge in [0.1, 0.15) is 0 Å². The summed E-state index contributed by atoms with van der Waals surface area (Å²) >= 11 is 10.3. The Morgan fingerprint density at radius 3 is 2.40 bits per heavy atom. The Morgan fingerprint density at radius 1 is 1.27 bits per heavy atom. The number of hydrogen-bond acceptors (Lipinski definition) is 2. The highest BCUT2D eigenvalue weighted by molar-refractivity contribution is 8.07. The van der Waals surface area contributed by atoms with Crippen molar-refractivity contribution in [3.05, 3.63) is 42.0 Å². The zero-order chi connectivity index (χ0) is 11.3. The zero-order valence-electron chi connectivity index (χ0n) is 7.56. The molecule has 1 amide bonds. The smallest absolute Gasteiger partial charge is 0.279 e. The molecule has 1 rings (SSSR count). The van der Waals surface area contributed by atoms with Crippen LogP contribution in [0.3, 0.4) is 0 Å². The monoisotopic (exact) mass is 263 g/mol. The lowest BCUT2D eigenvalue weighted by Gasteiger charge is -2.00. The van der Waals surface area contributed by atoms with E-state index in [0.717, 1.165) is 5.56 Å². The topological polar surface area (TPSA) is 46.2 Å². The number of hydrogen-bond donors (Lipinski definition) is 1. The van der Waals surface area contributed by atoms with E-state index < -0.39 is 11.9 Å². The van der Waals surface area contributed by atoms with Gasteiger partial charge in [-0.15, -0.1) is 0 Å². The summed E-state index contributed by atoms with van der Waals surface area (Å²) in [5.74, 6) is -4.14. The van der Waals surface area contributed by atoms with Crippen molar-refractivity contribution in [2.75, 3.05) is 0 Å². The van der Waals surface area contributed by atoms with Crippen LogP contribution in [0.5, 0.6) is 0 Å². The molecule has 0 aromatic heterocycles. The van der Waals surface area contributed by atoms with E-state index in [4.69, 9.17) is 22.5 Å². The van der Waals surface area contributed by atoms with Crippen molar-refractivity contribution < 1.29 is 9.36 Å². The van der Waals surface area contributed by atoms with Gasteiger partial charge in [-0.1, -0.05) is 30.3 Å². The molecule has 0 unspecified atom stereocenters. The summed E-state index contributed by atoms with van der Waals surface area (Å²) in [6.07, 6.45) is 2.78. The predicted octanol–water partition coefficient (Wildman–Crippen LogP) is 3.40. The molecular weight excluding hydrogens is 256 g/mol. The lowest BCUT2D eigenvalue weighted by atomic mass is 10.2. The predicted molar refractivity (Wildman–Crippen MR) is 62.9 cm³/mol. The van der Waals surface area contributed by atoms with Gasteiger partial charge in [-0.25, -0.2) is 0 Å². The van der Waals surface area contributed by atoms with Crippen LogP contribution in [0.4, 0.5) is 0 Å². The van der Waals surface area contributed by atoms with E-state index in [1.54, 1.807) is 6.08 Å². The normalized spacial score (nSPS) is 11.6. The molecule has 0 atom stereocenters. The van der Waals surface area contributed by atoms with E-state index in [-0.39, 0.29) is 0 Å². The molecule has 0 aliphatic carbocycles. The van der Waals surface area contributed by atoms with Gasteiger partial charge in [0, 0.05) is 6.08 Å².